The molecule has 0 saturated heterocycles. The molecule has 1 fully saturated rings. The van der Waals surface area contributed by atoms with Crippen molar-refractivity contribution in [2.45, 2.75) is 32.7 Å². The van der Waals surface area contributed by atoms with Gasteiger partial charge < -0.3 is 10.4 Å². The third-order valence-corrected chi connectivity index (χ3v) is 4.08. The van der Waals surface area contributed by atoms with Gasteiger partial charge in [0.15, 0.2) is 5.69 Å². The lowest BCUT2D eigenvalue weighted by Crippen LogP contribution is -2.25. The summed E-state index contributed by atoms with van der Waals surface area (Å²) < 4.78 is 0. The molecule has 0 aromatic carbocycles. The maximum Gasteiger partial charge on any atom is 0.354 e. The molecular weight excluding hydrogens is 262 g/mol. The predicted octanol–water partition coefficient (Wildman–Crippen LogP) is 2.53. The summed E-state index contributed by atoms with van der Waals surface area (Å²) in [7, 11) is 0. The first-order valence-electron chi connectivity index (χ1n) is 6.55. The Morgan fingerprint density at radius 3 is 2.65 bits per heavy atom. The molecular formula is C13H17N3O4. The van der Waals surface area contributed by atoms with Gasteiger partial charge in [0, 0.05) is 12.1 Å². The molecule has 1 aromatic rings. The van der Waals surface area contributed by atoms with Gasteiger partial charge in [0.1, 0.15) is 0 Å². The summed E-state index contributed by atoms with van der Waals surface area (Å²) in [6.07, 6.45) is 1.95. The van der Waals surface area contributed by atoms with Crippen molar-refractivity contribution in [1.82, 2.24) is 4.98 Å². The van der Waals surface area contributed by atoms with E-state index in [0.29, 0.717) is 11.8 Å². The summed E-state index contributed by atoms with van der Waals surface area (Å²) in [5, 5.41) is 23.0. The van der Waals surface area contributed by atoms with Crippen molar-refractivity contribution in [1.29, 1.82) is 0 Å². The monoisotopic (exact) mass is 279 g/mol. The van der Waals surface area contributed by atoms with Gasteiger partial charge in [0.05, 0.1) is 4.92 Å². The molecule has 3 unspecified atom stereocenters. The van der Waals surface area contributed by atoms with Crippen LogP contribution in [-0.2, 0) is 0 Å². The van der Waals surface area contributed by atoms with E-state index >= 15 is 0 Å². The highest BCUT2D eigenvalue weighted by molar-refractivity contribution is 5.86. The van der Waals surface area contributed by atoms with Crippen LogP contribution in [0.2, 0.25) is 0 Å². The molecule has 7 nitrogen and oxygen atoms in total. The highest BCUT2D eigenvalue weighted by Crippen LogP contribution is 2.34. The summed E-state index contributed by atoms with van der Waals surface area (Å²) in [5.41, 5.74) is -0.390. The lowest BCUT2D eigenvalue weighted by molar-refractivity contribution is -0.384. The van der Waals surface area contributed by atoms with Crippen LogP contribution in [0.4, 0.5) is 11.5 Å². The highest BCUT2D eigenvalue weighted by atomic mass is 16.6. The number of carboxylic acids is 1. The largest absolute Gasteiger partial charge is 0.477 e. The molecule has 0 spiro atoms. The predicted molar refractivity (Wildman–Crippen MR) is 72.8 cm³/mol. The van der Waals surface area contributed by atoms with E-state index in [2.05, 4.69) is 24.1 Å². The number of anilines is 1. The first kappa shape index (κ1) is 14.2. The first-order chi connectivity index (χ1) is 9.40. The quantitative estimate of drug-likeness (QED) is 0.648. The summed E-state index contributed by atoms with van der Waals surface area (Å²) in [6, 6.07) is 2.41. The molecule has 0 bridgehead atoms. The van der Waals surface area contributed by atoms with Gasteiger partial charge >= 0.3 is 11.7 Å². The Hall–Kier alpha value is -2.18. The summed E-state index contributed by atoms with van der Waals surface area (Å²) in [4.78, 5) is 25.2. The number of pyridine rings is 1. The minimum atomic E-state index is -1.20. The Kier molecular flexibility index (Phi) is 3.87. The van der Waals surface area contributed by atoms with Crippen molar-refractivity contribution in [3.63, 3.8) is 0 Å². The minimum absolute atomic E-state index is 0.0425. The van der Waals surface area contributed by atoms with Gasteiger partial charge in [-0.25, -0.2) is 9.78 Å². The van der Waals surface area contributed by atoms with E-state index in [4.69, 9.17) is 5.11 Å². The van der Waals surface area contributed by atoms with Crippen LogP contribution < -0.4 is 5.32 Å². The molecule has 3 atom stereocenters. The van der Waals surface area contributed by atoms with Gasteiger partial charge in [0.25, 0.3) is 0 Å². The van der Waals surface area contributed by atoms with E-state index in [-0.39, 0.29) is 23.2 Å². The van der Waals surface area contributed by atoms with E-state index in [9.17, 15) is 14.9 Å². The summed E-state index contributed by atoms with van der Waals surface area (Å²) in [6.45, 7) is 4.23. The average molecular weight is 279 g/mol. The number of nitro groups is 1. The molecule has 108 valence electrons. The van der Waals surface area contributed by atoms with Crippen molar-refractivity contribution in [3.8, 4) is 0 Å². The second-order valence-electron chi connectivity index (χ2n) is 5.29. The van der Waals surface area contributed by atoms with E-state index in [1.165, 1.54) is 6.07 Å². The topological polar surface area (TPSA) is 105 Å². The Labute approximate surface area is 116 Å². The number of aromatic carboxylic acids is 1. The van der Waals surface area contributed by atoms with Crippen molar-refractivity contribution < 1.29 is 14.8 Å². The number of carbonyl (C=O) groups is 1. The summed E-state index contributed by atoms with van der Waals surface area (Å²) in [5.74, 6) is -0.254. The molecule has 0 aliphatic heterocycles. The molecule has 0 amide bonds. The fourth-order valence-electron chi connectivity index (χ4n) is 2.57. The van der Waals surface area contributed by atoms with Crippen molar-refractivity contribution in [2.75, 3.05) is 5.32 Å². The van der Waals surface area contributed by atoms with Crippen LogP contribution in [0.5, 0.6) is 0 Å². The maximum atomic E-state index is 11.0. The Balaban J connectivity index is 2.30. The van der Waals surface area contributed by atoms with Crippen molar-refractivity contribution >= 4 is 17.5 Å². The van der Waals surface area contributed by atoms with Gasteiger partial charge in [-0.3, -0.25) is 10.1 Å². The number of carboxylic acid groups (broad SMARTS) is 1. The van der Waals surface area contributed by atoms with Crippen LogP contribution >= 0.6 is 0 Å². The molecule has 20 heavy (non-hydrogen) atoms. The maximum absolute atomic E-state index is 11.0. The van der Waals surface area contributed by atoms with E-state index in [1.807, 2.05) is 0 Å². The van der Waals surface area contributed by atoms with Crippen LogP contribution in [0.1, 0.15) is 37.2 Å². The molecule has 7 heteroatoms. The van der Waals surface area contributed by atoms with Gasteiger partial charge in [-0.15, -0.1) is 0 Å². The third-order valence-electron chi connectivity index (χ3n) is 4.08. The molecule has 1 aliphatic rings. The molecule has 0 radical (unpaired) electrons. The molecule has 1 saturated carbocycles. The van der Waals surface area contributed by atoms with E-state index < -0.39 is 10.9 Å². The SMILES string of the molecule is CC1CCC(Nc2nc(C(=O)O)ccc2[N+](=O)[O-])C1C. The second kappa shape index (κ2) is 5.44. The molecule has 2 N–H and O–H groups in total. The van der Waals surface area contributed by atoms with Crippen LogP contribution in [0.25, 0.3) is 0 Å². The zero-order valence-corrected chi connectivity index (χ0v) is 11.4. The van der Waals surface area contributed by atoms with Crippen LogP contribution in [0.15, 0.2) is 12.1 Å². The van der Waals surface area contributed by atoms with Gasteiger partial charge in [0.2, 0.25) is 5.82 Å². The number of rotatable bonds is 4. The van der Waals surface area contributed by atoms with Gasteiger partial charge in [-0.2, -0.15) is 0 Å². The van der Waals surface area contributed by atoms with Gasteiger partial charge in [-0.1, -0.05) is 13.8 Å². The summed E-state index contributed by atoms with van der Waals surface area (Å²) >= 11 is 0. The van der Waals surface area contributed by atoms with Gasteiger partial charge in [-0.05, 0) is 30.7 Å². The molecule has 1 aromatic heterocycles. The Bertz CT molecular complexity index is 546. The fourth-order valence-corrected chi connectivity index (χ4v) is 2.57. The lowest BCUT2D eigenvalue weighted by Gasteiger charge is -2.20. The van der Waals surface area contributed by atoms with Crippen LogP contribution in [0.3, 0.4) is 0 Å². The van der Waals surface area contributed by atoms with E-state index in [0.717, 1.165) is 18.9 Å². The normalized spacial score (nSPS) is 25.4. The first-order valence-corrected chi connectivity index (χ1v) is 6.55. The third kappa shape index (κ3) is 2.71. The number of hydrogen-bond donors (Lipinski definition) is 2. The van der Waals surface area contributed by atoms with Crippen LogP contribution in [0, 0.1) is 22.0 Å². The number of hydrogen-bond acceptors (Lipinski definition) is 5. The minimum Gasteiger partial charge on any atom is -0.477 e. The van der Waals surface area contributed by atoms with E-state index in [1.54, 1.807) is 0 Å². The zero-order valence-electron chi connectivity index (χ0n) is 11.4. The average Bonchev–Trinajstić information content (AvgIpc) is 2.70. The molecule has 1 heterocycles. The fraction of sp³-hybridized carbons (Fsp3) is 0.538. The second-order valence-corrected chi connectivity index (χ2v) is 5.29. The lowest BCUT2D eigenvalue weighted by atomic mass is 9.98. The molecule has 2 rings (SSSR count). The number of nitrogens with one attached hydrogen (secondary N) is 1. The van der Waals surface area contributed by atoms with Crippen molar-refractivity contribution in [3.05, 3.63) is 27.9 Å². The smallest absolute Gasteiger partial charge is 0.354 e. The highest BCUT2D eigenvalue weighted by Gasteiger charge is 2.31. The standard InChI is InChI=1S/C13H17N3O4/c1-7-3-4-9(8(7)2)14-12-11(16(19)20)6-5-10(15-12)13(17)18/h5-9H,3-4H2,1-2H3,(H,14,15)(H,17,18). The number of aromatic nitrogens is 1. The van der Waals surface area contributed by atoms with Crippen molar-refractivity contribution in [2.24, 2.45) is 11.8 Å². The Morgan fingerprint density at radius 2 is 2.15 bits per heavy atom. The molecule has 1 aliphatic carbocycles. The Morgan fingerprint density at radius 1 is 1.45 bits per heavy atom. The number of nitrogens with zero attached hydrogens (tertiary/aromatic N) is 2. The zero-order chi connectivity index (χ0) is 14.9. The van der Waals surface area contributed by atoms with Crippen LogP contribution in [-0.4, -0.2) is 27.0 Å².